The summed E-state index contributed by atoms with van der Waals surface area (Å²) in [6.07, 6.45) is 0. The van der Waals surface area contributed by atoms with Gasteiger partial charge in [0.2, 0.25) is 0 Å². The average Bonchev–Trinajstić information content (AvgIpc) is 3.25. The Labute approximate surface area is 151 Å². The minimum atomic E-state index is -3.88. The normalized spacial score (nSPS) is 24.9. The summed E-state index contributed by atoms with van der Waals surface area (Å²) in [7, 11) is -3.88. The number of nitrogens with two attached hydrogens (primary N) is 1. The van der Waals surface area contributed by atoms with Crippen LogP contribution < -0.4 is 5.73 Å². The predicted molar refractivity (Wildman–Crippen MR) is 94.8 cm³/mol. The van der Waals surface area contributed by atoms with Gasteiger partial charge in [0.25, 0.3) is 0 Å². The van der Waals surface area contributed by atoms with Gasteiger partial charge in [-0.05, 0) is 43.7 Å². The number of hydrogen-bond acceptors (Lipinski definition) is 5. The Morgan fingerprint density at radius 3 is 2.27 bits per heavy atom. The summed E-state index contributed by atoms with van der Waals surface area (Å²) in [5.74, 6) is -2.02. The fourth-order valence-corrected chi connectivity index (χ4v) is 5.53. The van der Waals surface area contributed by atoms with Crippen molar-refractivity contribution in [2.24, 2.45) is 5.73 Å². The minimum Gasteiger partial charge on any atom is -0.465 e. The lowest BCUT2D eigenvalue weighted by molar-refractivity contribution is -0.145. The molecule has 0 heterocycles. The molecule has 0 aliphatic heterocycles. The van der Waals surface area contributed by atoms with Crippen LogP contribution in [0.4, 0.5) is 4.39 Å². The van der Waals surface area contributed by atoms with Gasteiger partial charge < -0.3 is 10.5 Å². The zero-order chi connectivity index (χ0) is 19.1. The predicted octanol–water partition coefficient (Wildman–Crippen LogP) is 2.33. The third kappa shape index (κ3) is 2.91. The number of esters is 1. The van der Waals surface area contributed by atoms with E-state index in [2.05, 4.69) is 0 Å². The van der Waals surface area contributed by atoms with Gasteiger partial charge in [0.05, 0.1) is 11.5 Å². The van der Waals surface area contributed by atoms with Crippen LogP contribution >= 0.6 is 0 Å². The van der Waals surface area contributed by atoms with Crippen molar-refractivity contribution in [3.63, 3.8) is 0 Å². The molecule has 0 spiro atoms. The number of hydrogen-bond donors (Lipinski definition) is 1. The van der Waals surface area contributed by atoms with Crippen molar-refractivity contribution in [1.29, 1.82) is 0 Å². The van der Waals surface area contributed by atoms with Crippen molar-refractivity contribution in [2.45, 2.75) is 35.4 Å². The maximum absolute atomic E-state index is 13.2. The molecular formula is C19H20FNO4S. The van der Waals surface area contributed by atoms with E-state index in [1.54, 1.807) is 19.1 Å². The number of rotatable bonds is 5. The van der Waals surface area contributed by atoms with Crippen LogP contribution in [-0.4, -0.2) is 31.8 Å². The minimum absolute atomic E-state index is 0.0885. The molecule has 0 bridgehead atoms. The van der Waals surface area contributed by atoms with Gasteiger partial charge in [0.1, 0.15) is 16.6 Å². The molecule has 7 heteroatoms. The number of aryl methyl sites for hydroxylation is 1. The van der Waals surface area contributed by atoms with Gasteiger partial charge in [0.15, 0.2) is 9.84 Å². The van der Waals surface area contributed by atoms with Gasteiger partial charge in [-0.3, -0.25) is 0 Å². The molecule has 5 nitrogen and oxygen atoms in total. The smallest absolute Gasteiger partial charge is 0.328 e. The van der Waals surface area contributed by atoms with Gasteiger partial charge in [-0.25, -0.2) is 17.6 Å². The standard InChI is InChI=1S/C19H20FNO4S/c1-3-25-18(22)19(21)16(13-6-8-14(20)9-7-13)17(19)26(23,24)15-10-4-12(2)5-11-15/h4-11,16-17H,3,21H2,1-2H3/t16-,17+,19-/m1/s1. The maximum Gasteiger partial charge on any atom is 0.328 e. The fourth-order valence-electron chi connectivity index (χ4n) is 3.30. The van der Waals surface area contributed by atoms with Crippen LogP contribution in [0.2, 0.25) is 0 Å². The Balaban J connectivity index is 2.06. The summed E-state index contributed by atoms with van der Waals surface area (Å²) in [6, 6.07) is 11.7. The number of benzene rings is 2. The molecule has 0 amide bonds. The van der Waals surface area contributed by atoms with Crippen molar-refractivity contribution in [3.8, 4) is 0 Å². The van der Waals surface area contributed by atoms with E-state index in [1.807, 2.05) is 6.92 Å². The Kier molecular flexibility index (Phi) is 4.62. The second kappa shape index (κ2) is 6.48. The molecule has 138 valence electrons. The first-order valence-electron chi connectivity index (χ1n) is 8.25. The van der Waals surface area contributed by atoms with E-state index >= 15 is 0 Å². The fraction of sp³-hybridized carbons (Fsp3) is 0.316. The van der Waals surface area contributed by atoms with E-state index in [1.165, 1.54) is 36.4 Å². The molecule has 1 saturated carbocycles. The molecule has 0 unspecified atom stereocenters. The summed E-state index contributed by atoms with van der Waals surface area (Å²) in [5, 5.41) is -1.16. The molecule has 2 aromatic rings. The highest BCUT2D eigenvalue weighted by Crippen LogP contribution is 2.56. The van der Waals surface area contributed by atoms with Gasteiger partial charge in [-0.15, -0.1) is 0 Å². The quantitative estimate of drug-likeness (QED) is 0.808. The van der Waals surface area contributed by atoms with Gasteiger partial charge in [-0.1, -0.05) is 29.8 Å². The van der Waals surface area contributed by atoms with Gasteiger partial charge in [-0.2, -0.15) is 0 Å². The van der Waals surface area contributed by atoms with Crippen LogP contribution in [0.5, 0.6) is 0 Å². The molecule has 3 rings (SSSR count). The Hall–Kier alpha value is -2.25. The topological polar surface area (TPSA) is 86.5 Å². The number of sulfone groups is 1. The first-order chi connectivity index (χ1) is 12.2. The number of halogens is 1. The monoisotopic (exact) mass is 377 g/mol. The second-order valence-electron chi connectivity index (χ2n) is 6.46. The molecular weight excluding hydrogens is 357 g/mol. The molecule has 0 radical (unpaired) electrons. The van der Waals surface area contributed by atoms with Crippen molar-refractivity contribution < 1.29 is 22.3 Å². The van der Waals surface area contributed by atoms with Crippen LogP contribution in [0.25, 0.3) is 0 Å². The first kappa shape index (κ1) is 18.5. The largest absolute Gasteiger partial charge is 0.465 e. The van der Waals surface area contributed by atoms with E-state index in [9.17, 15) is 17.6 Å². The van der Waals surface area contributed by atoms with Crippen molar-refractivity contribution in [2.75, 3.05) is 6.61 Å². The van der Waals surface area contributed by atoms with Crippen molar-refractivity contribution in [1.82, 2.24) is 0 Å². The van der Waals surface area contributed by atoms with Crippen molar-refractivity contribution >= 4 is 15.8 Å². The second-order valence-corrected chi connectivity index (χ2v) is 8.53. The molecule has 0 aromatic heterocycles. The van der Waals surface area contributed by atoms with Crippen molar-refractivity contribution in [3.05, 3.63) is 65.5 Å². The van der Waals surface area contributed by atoms with Gasteiger partial charge in [0, 0.05) is 5.92 Å². The molecule has 1 aliphatic rings. The lowest BCUT2D eigenvalue weighted by Crippen LogP contribution is -2.41. The van der Waals surface area contributed by atoms with E-state index in [-0.39, 0.29) is 11.5 Å². The molecule has 1 aliphatic carbocycles. The number of carbonyl (C=O) groups is 1. The molecule has 3 atom stereocenters. The van der Waals surface area contributed by atoms with E-state index in [0.717, 1.165) is 5.56 Å². The van der Waals surface area contributed by atoms with E-state index in [0.29, 0.717) is 5.56 Å². The molecule has 1 fully saturated rings. The van der Waals surface area contributed by atoms with Crippen LogP contribution in [-0.2, 0) is 19.4 Å². The summed E-state index contributed by atoms with van der Waals surface area (Å²) >= 11 is 0. The number of ether oxygens (including phenoxy) is 1. The summed E-state index contributed by atoms with van der Waals surface area (Å²) in [6.45, 7) is 3.56. The third-order valence-corrected chi connectivity index (χ3v) is 6.98. The summed E-state index contributed by atoms with van der Waals surface area (Å²) < 4.78 is 44.5. The maximum atomic E-state index is 13.2. The highest BCUT2D eigenvalue weighted by molar-refractivity contribution is 7.92. The van der Waals surface area contributed by atoms with Gasteiger partial charge >= 0.3 is 5.97 Å². The first-order valence-corrected chi connectivity index (χ1v) is 9.79. The summed E-state index contributed by atoms with van der Waals surface area (Å²) in [4.78, 5) is 12.5. The average molecular weight is 377 g/mol. The Morgan fingerprint density at radius 2 is 1.73 bits per heavy atom. The van der Waals surface area contributed by atoms with E-state index < -0.39 is 38.3 Å². The molecule has 2 aromatic carbocycles. The molecule has 0 saturated heterocycles. The summed E-state index contributed by atoms with van der Waals surface area (Å²) in [5.41, 5.74) is 5.95. The molecule has 2 N–H and O–H groups in total. The van der Waals surface area contributed by atoms with Crippen LogP contribution in [0.15, 0.2) is 53.4 Å². The SMILES string of the molecule is CCOC(=O)[C@@]1(N)[C@H](c2ccc(F)cc2)[C@@H]1S(=O)(=O)c1ccc(C)cc1. The Morgan fingerprint density at radius 1 is 1.15 bits per heavy atom. The van der Waals surface area contributed by atoms with Crippen LogP contribution in [0, 0.1) is 12.7 Å². The highest BCUT2D eigenvalue weighted by Gasteiger charge is 2.74. The lowest BCUT2D eigenvalue weighted by atomic mass is 10.1. The Bertz CT molecular complexity index is 925. The number of carbonyl (C=O) groups excluding carboxylic acids is 1. The highest BCUT2D eigenvalue weighted by atomic mass is 32.2. The van der Waals surface area contributed by atoms with Crippen LogP contribution in [0.1, 0.15) is 24.0 Å². The molecule has 26 heavy (non-hydrogen) atoms. The zero-order valence-electron chi connectivity index (χ0n) is 14.5. The van der Waals surface area contributed by atoms with E-state index in [4.69, 9.17) is 10.5 Å². The third-order valence-electron chi connectivity index (χ3n) is 4.72. The van der Waals surface area contributed by atoms with Crippen LogP contribution in [0.3, 0.4) is 0 Å². The zero-order valence-corrected chi connectivity index (χ0v) is 15.3. The lowest BCUT2D eigenvalue weighted by Gasteiger charge is -2.11.